The van der Waals surface area contributed by atoms with E-state index in [1.807, 2.05) is 93.0 Å². The number of nitrogens with two attached hydrogens (primary N) is 2. The molecule has 8 aromatic rings. The molecule has 0 atom stereocenters. The van der Waals surface area contributed by atoms with Crippen molar-refractivity contribution in [2.24, 2.45) is 0 Å². The molecular weight excluding hydrogens is 733 g/mol. The van der Waals surface area contributed by atoms with E-state index >= 15 is 0 Å². The van der Waals surface area contributed by atoms with Crippen molar-refractivity contribution in [3.63, 3.8) is 0 Å². The van der Waals surface area contributed by atoms with Gasteiger partial charge in [0.15, 0.2) is 11.6 Å². The molecule has 2 aromatic carbocycles. The number of fused-ring (bicyclic) bond motifs is 2. The van der Waals surface area contributed by atoms with Crippen LogP contribution in [0.1, 0.15) is 59.7 Å². The highest BCUT2D eigenvalue weighted by atomic mass is 32.1. The van der Waals surface area contributed by atoms with E-state index in [-0.39, 0.29) is 0 Å². The molecule has 0 aliphatic carbocycles. The maximum absolute atomic E-state index is 9.17. The third-order valence-corrected chi connectivity index (χ3v) is 11.3. The van der Waals surface area contributed by atoms with Gasteiger partial charge < -0.3 is 16.4 Å². The number of piperidine rings is 1. The minimum absolute atomic E-state index is 0.465. The molecule has 1 aliphatic rings. The third-order valence-electron chi connectivity index (χ3n) is 9.20. The Labute approximate surface area is 334 Å². The molecule has 0 saturated carbocycles. The van der Waals surface area contributed by atoms with Crippen molar-refractivity contribution in [3.05, 3.63) is 136 Å². The largest absolute Gasteiger partial charge is 0.383 e. The molecule has 280 valence electrons. The first-order valence-electron chi connectivity index (χ1n) is 18.8. The summed E-state index contributed by atoms with van der Waals surface area (Å²) in [6.45, 7) is 6.14. The molecule has 12 heteroatoms. The van der Waals surface area contributed by atoms with Gasteiger partial charge in [0.1, 0.15) is 27.1 Å². The van der Waals surface area contributed by atoms with E-state index in [4.69, 9.17) is 21.4 Å². The second-order valence-electron chi connectivity index (χ2n) is 13.0. The van der Waals surface area contributed by atoms with Crippen molar-refractivity contribution >= 4 is 60.6 Å². The number of nitrogen functional groups attached to an aromatic ring is 2. The van der Waals surface area contributed by atoms with Gasteiger partial charge in [-0.05, 0) is 67.3 Å². The fourth-order valence-electron chi connectivity index (χ4n) is 6.56. The van der Waals surface area contributed by atoms with Crippen LogP contribution in [0.25, 0.3) is 43.2 Å². The fourth-order valence-corrected chi connectivity index (χ4v) is 8.67. The number of rotatable bonds is 7. The van der Waals surface area contributed by atoms with Crippen LogP contribution >= 0.6 is 22.7 Å². The average molecular weight is 775 g/mol. The third kappa shape index (κ3) is 8.81. The zero-order valence-corrected chi connectivity index (χ0v) is 33.0. The number of nitriles is 1. The molecule has 56 heavy (non-hydrogen) atoms. The van der Waals surface area contributed by atoms with Crippen molar-refractivity contribution in [2.75, 3.05) is 29.5 Å². The molecule has 0 unspecified atom stereocenters. The zero-order chi connectivity index (χ0) is 38.9. The first kappa shape index (κ1) is 38.0. The molecule has 6 aromatic heterocycles. The maximum Gasteiger partial charge on any atom is 0.163 e. The highest BCUT2D eigenvalue weighted by molar-refractivity contribution is 7.19. The summed E-state index contributed by atoms with van der Waals surface area (Å²) >= 11 is 3.28. The van der Waals surface area contributed by atoms with Crippen LogP contribution < -0.4 is 16.4 Å². The molecule has 0 radical (unpaired) electrons. The van der Waals surface area contributed by atoms with Crippen LogP contribution in [0.4, 0.5) is 17.5 Å². The summed E-state index contributed by atoms with van der Waals surface area (Å²) in [5.74, 6) is 3.30. The van der Waals surface area contributed by atoms with Gasteiger partial charge in [0.25, 0.3) is 0 Å². The van der Waals surface area contributed by atoms with Crippen molar-refractivity contribution in [1.82, 2.24) is 29.9 Å². The standard InChI is InChI=1S/C24H22N6S.C18H14N4S.C2H6/c25-15-16-6-4-7-17(12-16)22-28-21(26)20-14-19(31-24(20)29-22)13-18-8-5-9-27-23(18)30-10-2-1-3-11-30;19-16-15-11-14(10-13-8-4-5-9-20-13)23-18(15)22-17(21-16)12-6-2-1-3-7-12;1-2/h4-9,12,14H,1-3,10-11,13H2,(H2,26,28,29);1-9,11H,10H2,(H2,19,21,22);1-2H3. The number of hydrogen-bond donors (Lipinski definition) is 2. The van der Waals surface area contributed by atoms with Gasteiger partial charge in [-0.2, -0.15) is 5.26 Å². The smallest absolute Gasteiger partial charge is 0.163 e. The maximum atomic E-state index is 9.17. The van der Waals surface area contributed by atoms with E-state index in [1.54, 1.807) is 34.8 Å². The second kappa shape index (κ2) is 17.9. The molecule has 0 bridgehead atoms. The lowest BCUT2D eigenvalue weighted by Gasteiger charge is -2.29. The summed E-state index contributed by atoms with van der Waals surface area (Å²) in [6.07, 6.45) is 9.00. The molecule has 0 spiro atoms. The Hall–Kier alpha value is -6.29. The van der Waals surface area contributed by atoms with Crippen LogP contribution in [-0.4, -0.2) is 43.0 Å². The number of aromatic nitrogens is 6. The summed E-state index contributed by atoms with van der Waals surface area (Å²) in [6, 6.07) is 33.6. The first-order valence-corrected chi connectivity index (χ1v) is 20.4. The summed E-state index contributed by atoms with van der Waals surface area (Å²) in [4.78, 5) is 34.0. The van der Waals surface area contributed by atoms with Gasteiger partial charge in [-0.3, -0.25) is 4.98 Å². The van der Waals surface area contributed by atoms with Gasteiger partial charge in [0, 0.05) is 64.9 Å². The minimum Gasteiger partial charge on any atom is -0.383 e. The number of benzene rings is 2. The molecule has 4 N–H and O–H groups in total. The lowest BCUT2D eigenvalue weighted by atomic mass is 10.1. The molecule has 1 aliphatic heterocycles. The monoisotopic (exact) mass is 774 g/mol. The summed E-state index contributed by atoms with van der Waals surface area (Å²) in [7, 11) is 0. The quantitative estimate of drug-likeness (QED) is 0.160. The van der Waals surface area contributed by atoms with E-state index in [0.29, 0.717) is 28.8 Å². The van der Waals surface area contributed by atoms with Crippen LogP contribution in [0, 0.1) is 11.3 Å². The van der Waals surface area contributed by atoms with Gasteiger partial charge in [0.2, 0.25) is 0 Å². The average Bonchev–Trinajstić information content (AvgIpc) is 3.87. The zero-order valence-electron chi connectivity index (χ0n) is 31.4. The van der Waals surface area contributed by atoms with Gasteiger partial charge in [-0.1, -0.05) is 68.4 Å². The normalized spacial score (nSPS) is 12.3. The van der Waals surface area contributed by atoms with Gasteiger partial charge in [0.05, 0.1) is 22.4 Å². The molecule has 1 fully saturated rings. The Morgan fingerprint density at radius 1 is 0.643 bits per heavy atom. The first-order chi connectivity index (χ1) is 27.5. The number of thiophene rings is 2. The number of pyridine rings is 2. The molecule has 1 saturated heterocycles. The topological polar surface area (TPSA) is 156 Å². The van der Waals surface area contributed by atoms with E-state index < -0.39 is 0 Å². The Bertz CT molecular complexity index is 2590. The highest BCUT2D eigenvalue weighted by Crippen LogP contribution is 2.34. The summed E-state index contributed by atoms with van der Waals surface area (Å²) < 4.78 is 0. The molecule has 0 amide bonds. The van der Waals surface area contributed by atoms with Crippen molar-refractivity contribution in [3.8, 4) is 28.8 Å². The van der Waals surface area contributed by atoms with E-state index in [9.17, 15) is 5.26 Å². The van der Waals surface area contributed by atoms with E-state index in [0.717, 1.165) is 69.0 Å². The van der Waals surface area contributed by atoms with Crippen molar-refractivity contribution in [2.45, 2.75) is 46.0 Å². The van der Waals surface area contributed by atoms with Crippen LogP contribution in [-0.2, 0) is 12.8 Å². The lowest BCUT2D eigenvalue weighted by Crippen LogP contribution is -2.31. The van der Waals surface area contributed by atoms with E-state index in [2.05, 4.69) is 49.1 Å². The van der Waals surface area contributed by atoms with Crippen molar-refractivity contribution < 1.29 is 0 Å². The second-order valence-corrected chi connectivity index (χ2v) is 15.2. The number of nitrogens with zero attached hydrogens (tertiary/aromatic N) is 8. The fraction of sp³-hybridized carbons (Fsp3) is 0.205. The SMILES string of the molecule is CC.N#Cc1cccc(-c2nc(N)c3cc(Cc4cccnc4N4CCCCC4)sc3n2)c1.Nc1nc(-c2ccccc2)nc2sc(Cc3ccccn3)cc12. The molecule has 7 heterocycles. The van der Waals surface area contributed by atoms with E-state index in [1.165, 1.54) is 34.6 Å². The lowest BCUT2D eigenvalue weighted by molar-refractivity contribution is 0.572. The summed E-state index contributed by atoms with van der Waals surface area (Å²) in [5, 5.41) is 11.0. The Morgan fingerprint density at radius 2 is 1.27 bits per heavy atom. The Morgan fingerprint density at radius 3 is 1.93 bits per heavy atom. The van der Waals surface area contributed by atoms with Gasteiger partial charge in [-0.25, -0.2) is 24.9 Å². The summed E-state index contributed by atoms with van der Waals surface area (Å²) in [5.41, 5.74) is 17.0. The van der Waals surface area contributed by atoms with Crippen LogP contribution in [0.2, 0.25) is 0 Å². The van der Waals surface area contributed by atoms with Crippen LogP contribution in [0.3, 0.4) is 0 Å². The Balaban J connectivity index is 0.000000171. The van der Waals surface area contributed by atoms with Crippen LogP contribution in [0.5, 0.6) is 0 Å². The van der Waals surface area contributed by atoms with Gasteiger partial charge in [-0.15, -0.1) is 22.7 Å². The molecule has 9 rings (SSSR count). The molecular formula is C44H42N10S2. The number of hydrogen-bond acceptors (Lipinski definition) is 12. The molecule has 10 nitrogen and oxygen atoms in total. The van der Waals surface area contributed by atoms with Crippen molar-refractivity contribution in [1.29, 1.82) is 5.26 Å². The highest BCUT2D eigenvalue weighted by Gasteiger charge is 2.18. The predicted octanol–water partition coefficient (Wildman–Crippen LogP) is 9.74. The van der Waals surface area contributed by atoms with Gasteiger partial charge >= 0.3 is 0 Å². The van der Waals surface area contributed by atoms with Crippen LogP contribution in [0.15, 0.2) is 109 Å². The predicted molar refractivity (Wildman–Crippen MR) is 231 cm³/mol. The number of anilines is 3. The Kier molecular flexibility index (Phi) is 12.1. The minimum atomic E-state index is 0.465.